The van der Waals surface area contributed by atoms with Crippen LogP contribution in [-0.4, -0.2) is 81.8 Å². The third-order valence-corrected chi connectivity index (χ3v) is 4.24. The first-order valence-electron chi connectivity index (χ1n) is 10.1. The smallest absolute Gasteiger partial charge is 0.408 e. The summed E-state index contributed by atoms with van der Waals surface area (Å²) >= 11 is 0. The van der Waals surface area contributed by atoms with E-state index < -0.39 is 35.9 Å². The number of methoxy groups -OCH3 is 3. The molecule has 0 bridgehead atoms. The Morgan fingerprint density at radius 2 is 1.66 bits per heavy atom. The molecule has 0 aromatic heterocycles. The Morgan fingerprint density at radius 1 is 1.03 bits per heavy atom. The molecule has 32 heavy (non-hydrogen) atoms. The van der Waals surface area contributed by atoms with E-state index in [1.807, 2.05) is 51.1 Å². The van der Waals surface area contributed by atoms with Crippen molar-refractivity contribution in [1.82, 2.24) is 10.2 Å². The number of carbonyl (C=O) groups is 3. The van der Waals surface area contributed by atoms with Crippen LogP contribution >= 0.6 is 0 Å². The molecule has 0 spiro atoms. The molecular formula is C22H34N2O8. The van der Waals surface area contributed by atoms with Crippen LogP contribution in [0, 0.1) is 0 Å². The number of esters is 1. The van der Waals surface area contributed by atoms with Crippen LogP contribution in [0.5, 0.6) is 0 Å². The molecule has 180 valence electrons. The fourth-order valence-corrected chi connectivity index (χ4v) is 2.51. The Hall–Kier alpha value is -2.69. The molecule has 2 amide bonds. The standard InChI is InChI=1S/C22H34N2O8/c1-22(2,3)32-15-17(23-21(27)31-14-16-10-8-7-9-11-16)20(26)24(12-18(25)28-4)13-19(29-5)30-6/h7-11,17,19H,12-15H2,1-6H3,(H,23,27)/t17-/m0/s1. The van der Waals surface area contributed by atoms with Crippen molar-refractivity contribution in [3.05, 3.63) is 35.9 Å². The van der Waals surface area contributed by atoms with Crippen LogP contribution in [0.3, 0.4) is 0 Å². The number of carbonyl (C=O) groups excluding carboxylic acids is 3. The number of alkyl carbamates (subject to hydrolysis) is 1. The van der Waals surface area contributed by atoms with Gasteiger partial charge in [-0.15, -0.1) is 0 Å². The molecular weight excluding hydrogens is 420 g/mol. The van der Waals surface area contributed by atoms with Gasteiger partial charge in [0, 0.05) is 14.2 Å². The molecule has 0 radical (unpaired) electrons. The summed E-state index contributed by atoms with van der Waals surface area (Å²) in [5.41, 5.74) is 0.231. The van der Waals surface area contributed by atoms with E-state index in [4.69, 9.17) is 18.9 Å². The molecule has 0 saturated carbocycles. The van der Waals surface area contributed by atoms with Gasteiger partial charge < -0.3 is 33.9 Å². The molecule has 0 aliphatic heterocycles. The second-order valence-electron chi connectivity index (χ2n) is 7.88. The van der Waals surface area contributed by atoms with E-state index in [1.165, 1.54) is 26.2 Å². The van der Waals surface area contributed by atoms with Crippen LogP contribution in [0.1, 0.15) is 26.3 Å². The molecule has 1 N–H and O–H groups in total. The fourth-order valence-electron chi connectivity index (χ4n) is 2.51. The van der Waals surface area contributed by atoms with E-state index in [0.29, 0.717) is 0 Å². The van der Waals surface area contributed by atoms with Crippen LogP contribution < -0.4 is 5.32 Å². The van der Waals surface area contributed by atoms with Gasteiger partial charge in [0.1, 0.15) is 19.2 Å². The monoisotopic (exact) mass is 454 g/mol. The topological polar surface area (TPSA) is 113 Å². The van der Waals surface area contributed by atoms with Crippen LogP contribution in [0.15, 0.2) is 30.3 Å². The van der Waals surface area contributed by atoms with Gasteiger partial charge in [-0.3, -0.25) is 9.59 Å². The summed E-state index contributed by atoms with van der Waals surface area (Å²) in [5, 5.41) is 2.53. The van der Waals surface area contributed by atoms with E-state index in [1.54, 1.807) is 0 Å². The van der Waals surface area contributed by atoms with Gasteiger partial charge in [-0.1, -0.05) is 30.3 Å². The van der Waals surface area contributed by atoms with E-state index in [-0.39, 0.29) is 26.3 Å². The van der Waals surface area contributed by atoms with Crippen LogP contribution in [0.4, 0.5) is 4.79 Å². The summed E-state index contributed by atoms with van der Waals surface area (Å²) in [7, 11) is 4.04. The molecule has 10 heteroatoms. The lowest BCUT2D eigenvalue weighted by Crippen LogP contribution is -2.54. The van der Waals surface area contributed by atoms with Gasteiger partial charge in [-0.25, -0.2) is 4.79 Å². The predicted molar refractivity (Wildman–Crippen MR) is 116 cm³/mol. The summed E-state index contributed by atoms with van der Waals surface area (Å²) in [6.45, 7) is 4.94. The number of benzene rings is 1. The van der Waals surface area contributed by atoms with Crippen molar-refractivity contribution in [2.75, 3.05) is 41.0 Å². The molecule has 0 aliphatic carbocycles. The summed E-state index contributed by atoms with van der Waals surface area (Å²) < 4.78 is 25.9. The van der Waals surface area contributed by atoms with Crippen LogP contribution in [-0.2, 0) is 39.9 Å². The zero-order valence-electron chi connectivity index (χ0n) is 19.6. The highest BCUT2D eigenvalue weighted by atomic mass is 16.7. The first kappa shape index (κ1) is 27.3. The van der Waals surface area contributed by atoms with Gasteiger partial charge in [0.25, 0.3) is 0 Å². The first-order valence-corrected chi connectivity index (χ1v) is 10.1. The lowest BCUT2D eigenvalue weighted by molar-refractivity contribution is -0.157. The van der Waals surface area contributed by atoms with Crippen molar-refractivity contribution in [2.45, 2.75) is 45.3 Å². The van der Waals surface area contributed by atoms with E-state index >= 15 is 0 Å². The average Bonchev–Trinajstić information content (AvgIpc) is 2.77. The fraction of sp³-hybridized carbons (Fsp3) is 0.591. The van der Waals surface area contributed by atoms with Crippen LogP contribution in [0.2, 0.25) is 0 Å². The number of ether oxygens (including phenoxy) is 5. The Bertz CT molecular complexity index is 716. The molecule has 0 fully saturated rings. The third kappa shape index (κ3) is 10.6. The van der Waals surface area contributed by atoms with Gasteiger partial charge in [-0.2, -0.15) is 0 Å². The predicted octanol–water partition coefficient (Wildman–Crippen LogP) is 1.72. The average molecular weight is 455 g/mol. The zero-order valence-corrected chi connectivity index (χ0v) is 19.6. The largest absolute Gasteiger partial charge is 0.468 e. The molecule has 0 unspecified atom stereocenters. The number of hydrogen-bond acceptors (Lipinski definition) is 8. The first-order chi connectivity index (χ1) is 15.1. The Kier molecular flexibility index (Phi) is 11.7. The highest BCUT2D eigenvalue weighted by Crippen LogP contribution is 2.10. The molecule has 1 rings (SSSR count). The van der Waals surface area contributed by atoms with Gasteiger partial charge in [0.15, 0.2) is 6.29 Å². The van der Waals surface area contributed by atoms with Gasteiger partial charge in [-0.05, 0) is 26.3 Å². The Morgan fingerprint density at radius 3 is 2.19 bits per heavy atom. The molecule has 1 atom stereocenters. The Balaban J connectivity index is 2.95. The van der Waals surface area contributed by atoms with E-state index in [0.717, 1.165) is 5.56 Å². The molecule has 1 aromatic rings. The number of hydrogen-bond donors (Lipinski definition) is 1. The normalized spacial score (nSPS) is 12.2. The third-order valence-electron chi connectivity index (χ3n) is 4.24. The minimum absolute atomic E-state index is 0.0367. The highest BCUT2D eigenvalue weighted by molar-refractivity contribution is 5.88. The zero-order chi connectivity index (χ0) is 24.1. The summed E-state index contributed by atoms with van der Waals surface area (Å²) in [6.07, 6.45) is -1.57. The van der Waals surface area contributed by atoms with Crippen molar-refractivity contribution < 1.29 is 38.1 Å². The van der Waals surface area contributed by atoms with Crippen molar-refractivity contribution in [3.8, 4) is 0 Å². The lowest BCUT2D eigenvalue weighted by atomic mass is 10.2. The van der Waals surface area contributed by atoms with Crippen molar-refractivity contribution in [2.24, 2.45) is 0 Å². The van der Waals surface area contributed by atoms with E-state index in [2.05, 4.69) is 10.1 Å². The number of amides is 2. The molecule has 10 nitrogen and oxygen atoms in total. The summed E-state index contributed by atoms with van der Waals surface area (Å²) in [4.78, 5) is 38.7. The number of nitrogens with one attached hydrogen (secondary N) is 1. The maximum atomic E-state index is 13.2. The molecule has 0 heterocycles. The highest BCUT2D eigenvalue weighted by Gasteiger charge is 2.31. The molecule has 1 aromatic carbocycles. The summed E-state index contributed by atoms with van der Waals surface area (Å²) in [6, 6.07) is 8.01. The van der Waals surface area contributed by atoms with E-state index in [9.17, 15) is 14.4 Å². The van der Waals surface area contributed by atoms with Gasteiger partial charge in [0.2, 0.25) is 5.91 Å². The maximum Gasteiger partial charge on any atom is 0.408 e. The summed E-state index contributed by atoms with van der Waals surface area (Å²) in [5.74, 6) is -1.21. The SMILES string of the molecule is COC(=O)CN(CC(OC)OC)C(=O)[C@H](COC(C)(C)C)NC(=O)OCc1ccccc1. The van der Waals surface area contributed by atoms with Gasteiger partial charge >= 0.3 is 12.1 Å². The Labute approximate surface area is 189 Å². The minimum Gasteiger partial charge on any atom is -0.468 e. The lowest BCUT2D eigenvalue weighted by Gasteiger charge is -2.30. The maximum absolute atomic E-state index is 13.2. The second-order valence-corrected chi connectivity index (χ2v) is 7.88. The minimum atomic E-state index is -1.11. The van der Waals surface area contributed by atoms with Gasteiger partial charge in [0.05, 0.1) is 25.9 Å². The van der Waals surface area contributed by atoms with Crippen molar-refractivity contribution in [1.29, 1.82) is 0 Å². The van der Waals surface area contributed by atoms with Crippen LogP contribution in [0.25, 0.3) is 0 Å². The second kappa shape index (κ2) is 13.7. The van der Waals surface area contributed by atoms with Crippen molar-refractivity contribution in [3.63, 3.8) is 0 Å². The number of rotatable bonds is 12. The molecule has 0 aliphatic rings. The molecule has 0 saturated heterocycles. The van der Waals surface area contributed by atoms with Crippen molar-refractivity contribution >= 4 is 18.0 Å². The quantitative estimate of drug-likeness (QED) is 0.375. The number of nitrogens with zero attached hydrogens (tertiary/aromatic N) is 1.